The predicted octanol–water partition coefficient (Wildman–Crippen LogP) is 4.13. The molecule has 0 saturated carbocycles. The lowest BCUT2D eigenvalue weighted by Gasteiger charge is -2.13. The highest BCUT2D eigenvalue weighted by molar-refractivity contribution is 7.13. The standard InChI is InChI=1S/C17H17N3O3S/c1-11(17-19-16(20-23-17)15-4-2-9-24-15)18-12-5-6-13-14(10-12)22-8-3-7-21-13/h2,4-6,9-11,18H,3,7-8H2,1H3/t11-/m1/s1. The van der Waals surface area contributed by atoms with Crippen molar-refractivity contribution >= 4 is 17.0 Å². The zero-order valence-electron chi connectivity index (χ0n) is 13.2. The van der Waals surface area contributed by atoms with E-state index in [4.69, 9.17) is 14.0 Å². The van der Waals surface area contributed by atoms with E-state index in [2.05, 4.69) is 15.5 Å². The van der Waals surface area contributed by atoms with Gasteiger partial charge in [0.2, 0.25) is 11.7 Å². The van der Waals surface area contributed by atoms with Crippen LogP contribution in [0.2, 0.25) is 0 Å². The first-order valence-corrected chi connectivity index (χ1v) is 8.71. The normalized spacial score (nSPS) is 14.9. The van der Waals surface area contributed by atoms with Crippen LogP contribution in [0.25, 0.3) is 10.7 Å². The summed E-state index contributed by atoms with van der Waals surface area (Å²) in [6.07, 6.45) is 0.890. The van der Waals surface area contributed by atoms with Gasteiger partial charge in [-0.15, -0.1) is 11.3 Å². The van der Waals surface area contributed by atoms with E-state index < -0.39 is 0 Å². The van der Waals surface area contributed by atoms with E-state index >= 15 is 0 Å². The molecule has 4 rings (SSSR count). The number of nitrogens with zero attached hydrogens (tertiary/aromatic N) is 2. The maximum absolute atomic E-state index is 5.71. The van der Waals surface area contributed by atoms with Crippen LogP contribution < -0.4 is 14.8 Å². The van der Waals surface area contributed by atoms with Crippen molar-refractivity contribution in [2.24, 2.45) is 0 Å². The third-order valence-corrected chi connectivity index (χ3v) is 4.55. The Hall–Kier alpha value is -2.54. The van der Waals surface area contributed by atoms with Gasteiger partial charge in [-0.05, 0) is 30.5 Å². The largest absolute Gasteiger partial charge is 0.490 e. The molecule has 3 aromatic rings. The molecule has 1 aromatic carbocycles. The van der Waals surface area contributed by atoms with Gasteiger partial charge in [0, 0.05) is 18.2 Å². The molecule has 1 atom stereocenters. The van der Waals surface area contributed by atoms with Crippen molar-refractivity contribution in [3.63, 3.8) is 0 Å². The maximum atomic E-state index is 5.71. The third kappa shape index (κ3) is 3.07. The van der Waals surface area contributed by atoms with E-state index in [1.54, 1.807) is 11.3 Å². The molecule has 3 heterocycles. The summed E-state index contributed by atoms with van der Waals surface area (Å²) in [4.78, 5) is 5.46. The van der Waals surface area contributed by atoms with E-state index in [0.717, 1.165) is 28.5 Å². The average Bonchev–Trinajstić information content (AvgIpc) is 3.22. The van der Waals surface area contributed by atoms with Crippen LogP contribution in [0.4, 0.5) is 5.69 Å². The van der Waals surface area contributed by atoms with Crippen molar-refractivity contribution < 1.29 is 14.0 Å². The molecule has 0 amide bonds. The first-order chi connectivity index (χ1) is 11.8. The van der Waals surface area contributed by atoms with Gasteiger partial charge in [-0.3, -0.25) is 0 Å². The Morgan fingerprint density at radius 2 is 2.04 bits per heavy atom. The summed E-state index contributed by atoms with van der Waals surface area (Å²) in [5, 5.41) is 9.39. The molecule has 7 heteroatoms. The maximum Gasteiger partial charge on any atom is 0.249 e. The van der Waals surface area contributed by atoms with Crippen LogP contribution >= 0.6 is 11.3 Å². The Labute approximate surface area is 143 Å². The molecule has 124 valence electrons. The van der Waals surface area contributed by atoms with Crippen LogP contribution in [-0.4, -0.2) is 23.4 Å². The van der Waals surface area contributed by atoms with E-state index in [0.29, 0.717) is 24.9 Å². The minimum absolute atomic E-state index is 0.115. The molecular weight excluding hydrogens is 326 g/mol. The van der Waals surface area contributed by atoms with Crippen molar-refractivity contribution in [3.05, 3.63) is 41.6 Å². The van der Waals surface area contributed by atoms with Crippen molar-refractivity contribution in [2.45, 2.75) is 19.4 Å². The van der Waals surface area contributed by atoms with Gasteiger partial charge >= 0.3 is 0 Å². The van der Waals surface area contributed by atoms with Crippen LogP contribution in [0.15, 0.2) is 40.2 Å². The van der Waals surface area contributed by atoms with Gasteiger partial charge in [0.15, 0.2) is 11.5 Å². The molecular formula is C17H17N3O3S. The van der Waals surface area contributed by atoms with E-state index in [9.17, 15) is 0 Å². The number of rotatable bonds is 4. The lowest BCUT2D eigenvalue weighted by molar-refractivity contribution is 0.297. The summed E-state index contributed by atoms with van der Waals surface area (Å²) in [5.41, 5.74) is 0.919. The van der Waals surface area contributed by atoms with Crippen LogP contribution in [0.3, 0.4) is 0 Å². The number of fused-ring (bicyclic) bond motifs is 1. The third-order valence-electron chi connectivity index (χ3n) is 3.68. The van der Waals surface area contributed by atoms with E-state index in [-0.39, 0.29) is 6.04 Å². The monoisotopic (exact) mass is 343 g/mol. The van der Waals surface area contributed by atoms with Crippen LogP contribution in [0.1, 0.15) is 25.3 Å². The van der Waals surface area contributed by atoms with Gasteiger partial charge in [-0.1, -0.05) is 11.2 Å². The second-order valence-corrected chi connectivity index (χ2v) is 6.46. The fourth-order valence-corrected chi connectivity index (χ4v) is 3.13. The second-order valence-electron chi connectivity index (χ2n) is 5.51. The molecule has 6 nitrogen and oxygen atoms in total. The smallest absolute Gasteiger partial charge is 0.249 e. The molecule has 0 saturated heterocycles. The molecule has 1 aliphatic rings. The van der Waals surface area contributed by atoms with Crippen LogP contribution in [0.5, 0.6) is 11.5 Å². The number of hydrogen-bond donors (Lipinski definition) is 1. The summed E-state index contributed by atoms with van der Waals surface area (Å²) in [7, 11) is 0. The number of anilines is 1. The second kappa shape index (κ2) is 6.52. The molecule has 0 bridgehead atoms. The van der Waals surface area contributed by atoms with E-state index in [1.165, 1.54) is 0 Å². The molecule has 2 aromatic heterocycles. The predicted molar refractivity (Wildman–Crippen MR) is 91.7 cm³/mol. The van der Waals surface area contributed by atoms with E-state index in [1.807, 2.05) is 42.6 Å². The fourth-order valence-electron chi connectivity index (χ4n) is 2.48. The van der Waals surface area contributed by atoms with Crippen LogP contribution in [0, 0.1) is 0 Å². The Morgan fingerprint density at radius 3 is 2.88 bits per heavy atom. The summed E-state index contributed by atoms with van der Waals surface area (Å²) >= 11 is 1.59. The topological polar surface area (TPSA) is 69.4 Å². The number of thiophene rings is 1. The SMILES string of the molecule is C[C@@H](Nc1ccc2c(c1)OCCCO2)c1nc(-c2cccs2)no1. The van der Waals surface area contributed by atoms with Gasteiger partial charge in [-0.2, -0.15) is 4.98 Å². The molecule has 0 unspecified atom stereocenters. The van der Waals surface area contributed by atoms with Gasteiger partial charge in [0.05, 0.1) is 18.1 Å². The molecule has 1 N–H and O–H groups in total. The van der Waals surface area contributed by atoms with Crippen LogP contribution in [-0.2, 0) is 0 Å². The molecule has 0 fully saturated rings. The molecule has 1 aliphatic heterocycles. The van der Waals surface area contributed by atoms with Crippen molar-refractivity contribution in [3.8, 4) is 22.2 Å². The molecule has 24 heavy (non-hydrogen) atoms. The minimum Gasteiger partial charge on any atom is -0.490 e. The summed E-state index contributed by atoms with van der Waals surface area (Å²) < 4.78 is 16.7. The Morgan fingerprint density at radius 1 is 1.17 bits per heavy atom. The highest BCUT2D eigenvalue weighted by Gasteiger charge is 2.17. The minimum atomic E-state index is -0.115. The Bertz CT molecular complexity index is 816. The number of benzene rings is 1. The van der Waals surface area contributed by atoms with Gasteiger partial charge in [0.25, 0.3) is 0 Å². The highest BCUT2D eigenvalue weighted by atomic mass is 32.1. The quantitative estimate of drug-likeness (QED) is 0.768. The first kappa shape index (κ1) is 15.0. The Balaban J connectivity index is 1.50. The van der Waals surface area contributed by atoms with Crippen molar-refractivity contribution in [2.75, 3.05) is 18.5 Å². The van der Waals surface area contributed by atoms with Gasteiger partial charge in [-0.25, -0.2) is 0 Å². The molecule has 0 spiro atoms. The Kier molecular flexibility index (Phi) is 4.08. The average molecular weight is 343 g/mol. The van der Waals surface area contributed by atoms with Crippen molar-refractivity contribution in [1.29, 1.82) is 0 Å². The number of nitrogens with one attached hydrogen (secondary N) is 1. The van der Waals surface area contributed by atoms with Gasteiger partial charge < -0.3 is 19.3 Å². The number of aromatic nitrogens is 2. The fraction of sp³-hybridized carbons (Fsp3) is 0.294. The zero-order chi connectivity index (χ0) is 16.4. The van der Waals surface area contributed by atoms with Gasteiger partial charge in [0.1, 0.15) is 6.04 Å². The first-order valence-electron chi connectivity index (χ1n) is 7.83. The number of ether oxygens (including phenoxy) is 2. The lowest BCUT2D eigenvalue weighted by atomic mass is 10.2. The van der Waals surface area contributed by atoms with Crippen molar-refractivity contribution in [1.82, 2.24) is 10.1 Å². The highest BCUT2D eigenvalue weighted by Crippen LogP contribution is 2.33. The summed E-state index contributed by atoms with van der Waals surface area (Å²) in [6.45, 7) is 3.33. The lowest BCUT2D eigenvalue weighted by Crippen LogP contribution is -2.07. The molecule has 0 radical (unpaired) electrons. The molecule has 0 aliphatic carbocycles. The number of hydrogen-bond acceptors (Lipinski definition) is 7. The summed E-state index contributed by atoms with van der Waals surface area (Å²) in [6, 6.07) is 9.64. The zero-order valence-corrected chi connectivity index (χ0v) is 14.0. The summed E-state index contributed by atoms with van der Waals surface area (Å²) in [5.74, 6) is 2.70.